The summed E-state index contributed by atoms with van der Waals surface area (Å²) in [6.07, 6.45) is 2.02. The van der Waals surface area contributed by atoms with E-state index in [-0.39, 0.29) is 29.6 Å². The summed E-state index contributed by atoms with van der Waals surface area (Å²) in [5, 5.41) is 14.3. The van der Waals surface area contributed by atoms with Gasteiger partial charge in [0.15, 0.2) is 5.69 Å². The van der Waals surface area contributed by atoms with E-state index in [1.54, 1.807) is 16.9 Å². The molecule has 266 valence electrons. The highest BCUT2D eigenvalue weighted by molar-refractivity contribution is 6.56. The quantitative estimate of drug-likeness (QED) is 0.217. The van der Waals surface area contributed by atoms with Crippen molar-refractivity contribution in [3.8, 4) is 0 Å². The summed E-state index contributed by atoms with van der Waals surface area (Å²) in [4.78, 5) is 25.3. The van der Waals surface area contributed by atoms with Gasteiger partial charge in [0.25, 0.3) is 11.8 Å². The minimum atomic E-state index is -4.67. The second-order valence-electron chi connectivity index (χ2n) is 13.4. The van der Waals surface area contributed by atoms with E-state index in [1.165, 1.54) is 12.6 Å². The molecule has 4 aliphatic rings. The van der Waals surface area contributed by atoms with Gasteiger partial charge in [0.1, 0.15) is 4.49 Å². The summed E-state index contributed by atoms with van der Waals surface area (Å²) in [6, 6.07) is 11.6. The lowest BCUT2D eigenvalue weighted by atomic mass is 9.90. The van der Waals surface area contributed by atoms with Crippen molar-refractivity contribution in [2.24, 2.45) is 14.1 Å². The number of alkyl halides is 3. The molecule has 2 N–H and O–H groups in total. The molecule has 8 nitrogen and oxygen atoms in total. The summed E-state index contributed by atoms with van der Waals surface area (Å²) >= 11 is 18.5. The van der Waals surface area contributed by atoms with Crippen molar-refractivity contribution in [3.05, 3.63) is 114 Å². The van der Waals surface area contributed by atoms with E-state index in [0.717, 1.165) is 70.4 Å². The highest BCUT2D eigenvalue weighted by Crippen LogP contribution is 2.61. The van der Waals surface area contributed by atoms with Crippen LogP contribution in [0.2, 0.25) is 0 Å². The van der Waals surface area contributed by atoms with Crippen molar-refractivity contribution in [1.29, 1.82) is 0 Å². The number of aryl methyl sites for hydroxylation is 3. The second kappa shape index (κ2) is 13.2. The fourth-order valence-electron chi connectivity index (χ4n) is 8.68. The maximum absolute atomic E-state index is 13.3. The Kier molecular flexibility index (Phi) is 9.13. The molecule has 51 heavy (non-hydrogen) atoms. The number of amides is 2. The molecule has 4 bridgehead atoms. The van der Waals surface area contributed by atoms with E-state index < -0.39 is 23.3 Å². The number of allylic oxidation sites excluding steroid dienone is 3. The van der Waals surface area contributed by atoms with Crippen LogP contribution in [0.3, 0.4) is 0 Å². The summed E-state index contributed by atoms with van der Waals surface area (Å²) in [7, 11) is 2.97. The molecular weight excluding hydrogens is 724 g/mol. The van der Waals surface area contributed by atoms with Crippen molar-refractivity contribution in [2.75, 3.05) is 10.6 Å². The number of aromatic nitrogens is 4. The number of nitrogens with one attached hydrogen (secondary N) is 2. The molecule has 0 spiro atoms. The molecule has 2 aromatic heterocycles. The van der Waals surface area contributed by atoms with Gasteiger partial charge >= 0.3 is 6.18 Å². The van der Waals surface area contributed by atoms with E-state index in [9.17, 15) is 22.8 Å². The third kappa shape index (κ3) is 6.06. The van der Waals surface area contributed by atoms with E-state index in [2.05, 4.69) is 26.9 Å². The molecule has 0 radical (unpaired) electrons. The molecule has 4 unspecified atom stereocenters. The van der Waals surface area contributed by atoms with Crippen LogP contribution in [0.1, 0.15) is 111 Å². The largest absolute Gasteiger partial charge is 0.433 e. The van der Waals surface area contributed by atoms with Gasteiger partial charge in [-0.1, -0.05) is 59.1 Å². The van der Waals surface area contributed by atoms with E-state index in [0.29, 0.717) is 26.1 Å². The van der Waals surface area contributed by atoms with Crippen LogP contribution >= 0.6 is 34.8 Å². The lowest BCUT2D eigenvalue weighted by Gasteiger charge is -2.19. The number of benzene rings is 2. The zero-order chi connectivity index (χ0) is 36.5. The number of carbonyl (C=O) groups excluding carboxylic acids is 2. The van der Waals surface area contributed by atoms with Gasteiger partial charge in [0, 0.05) is 60.4 Å². The molecule has 8 rings (SSSR count). The zero-order valence-electron chi connectivity index (χ0n) is 28.1. The Morgan fingerprint density at radius 2 is 1.31 bits per heavy atom. The Morgan fingerprint density at radius 1 is 0.804 bits per heavy atom. The van der Waals surface area contributed by atoms with Crippen LogP contribution < -0.4 is 10.6 Å². The molecule has 0 saturated heterocycles. The first-order chi connectivity index (χ1) is 24.2. The monoisotopic (exact) mass is 756 g/mol. The lowest BCUT2D eigenvalue weighted by molar-refractivity contribution is -0.144. The Bertz CT molecular complexity index is 2160. The Labute approximate surface area is 307 Å². The fraction of sp³-hybridized carbons (Fsp3) is 0.351. The van der Waals surface area contributed by atoms with Gasteiger partial charge < -0.3 is 10.6 Å². The first-order valence-corrected chi connectivity index (χ1v) is 17.7. The predicted molar refractivity (Wildman–Crippen MR) is 192 cm³/mol. The molecule has 4 aromatic rings. The van der Waals surface area contributed by atoms with Gasteiger partial charge in [-0.25, -0.2) is 0 Å². The summed E-state index contributed by atoms with van der Waals surface area (Å²) in [5.41, 5.74) is 7.86. The lowest BCUT2D eigenvalue weighted by Crippen LogP contribution is -2.21. The van der Waals surface area contributed by atoms with Gasteiger partial charge in [-0.2, -0.15) is 23.4 Å². The van der Waals surface area contributed by atoms with Crippen molar-refractivity contribution < 1.29 is 22.8 Å². The van der Waals surface area contributed by atoms with Gasteiger partial charge in [-0.05, 0) is 85.1 Å². The van der Waals surface area contributed by atoms with Gasteiger partial charge in [0.2, 0.25) is 0 Å². The van der Waals surface area contributed by atoms with Crippen LogP contribution in [-0.2, 0) is 20.3 Å². The van der Waals surface area contributed by atoms with Crippen molar-refractivity contribution >= 4 is 58.0 Å². The van der Waals surface area contributed by atoms with Crippen LogP contribution in [0.4, 0.5) is 24.5 Å². The molecule has 2 fully saturated rings. The minimum Gasteiger partial charge on any atom is -0.322 e. The normalized spacial score (nSPS) is 22.0. The number of rotatable bonds is 4. The molecule has 2 aromatic carbocycles. The third-order valence-corrected chi connectivity index (χ3v) is 11.2. The molecule has 0 aliphatic heterocycles. The molecule has 4 atom stereocenters. The number of halogens is 6. The Hall–Kier alpha value is -4.06. The molecule has 2 heterocycles. The fourth-order valence-corrected chi connectivity index (χ4v) is 9.47. The minimum absolute atomic E-state index is 0.106. The summed E-state index contributed by atoms with van der Waals surface area (Å²) < 4.78 is 42.5. The maximum Gasteiger partial charge on any atom is 0.433 e. The Morgan fingerprint density at radius 3 is 1.80 bits per heavy atom. The zero-order valence-corrected chi connectivity index (χ0v) is 30.4. The predicted octanol–water partition coefficient (Wildman–Crippen LogP) is 9.82. The molecule has 2 amide bonds. The van der Waals surface area contributed by atoms with Crippen LogP contribution in [0.25, 0.3) is 0 Å². The molecule has 4 aliphatic carbocycles. The number of nitrogens with zero attached hydrogens (tertiary/aromatic N) is 4. The van der Waals surface area contributed by atoms with E-state index >= 15 is 0 Å². The standard InChI is InChI=1S/C19H17ClF3N3O.C18H17Cl2N3O/c1-9(20)15-11-6-7-12(15)16-10(11)4-3-5-14(16)25-18(27)13-8-24-26(2)17(13)19(21,22)23;1-9-13(8-23(2)22-9)18(24)21-14-5-3-4-10-11-6-7-12(15(10)14)16(11)17(19)20/h3-5,8,11-12H,6-7H2,1-2H3,(H,25,27);3-5,8,11-12H,6-7H2,1-2H3,(H,21,24)/b15-9+;. The molecular formula is C37H34Cl3F3N6O2. The van der Waals surface area contributed by atoms with Crippen LogP contribution in [0, 0.1) is 6.92 Å². The van der Waals surface area contributed by atoms with Gasteiger partial charge in [-0.15, -0.1) is 0 Å². The SMILES string of the molecule is C/C(Cl)=C1/C2CCC1c1c(NC(=O)c3cnn(C)c3C(F)(F)F)cccc12.Cc1nn(C)cc1C(=O)Nc1cccc2c1C1CCC2C1=C(Cl)Cl. The van der Waals surface area contributed by atoms with Crippen LogP contribution in [0.5, 0.6) is 0 Å². The van der Waals surface area contributed by atoms with Crippen LogP contribution in [-0.4, -0.2) is 31.4 Å². The molecule has 14 heteroatoms. The van der Waals surface area contributed by atoms with Gasteiger partial charge in [-0.3, -0.25) is 19.0 Å². The third-order valence-electron chi connectivity index (χ3n) is 10.5. The second-order valence-corrected chi connectivity index (χ2v) is 14.9. The topological polar surface area (TPSA) is 93.8 Å². The first kappa shape index (κ1) is 35.3. The number of carbonyl (C=O) groups is 2. The van der Waals surface area contributed by atoms with Crippen LogP contribution in [0.15, 0.2) is 69.5 Å². The summed E-state index contributed by atoms with van der Waals surface area (Å²) in [6.45, 7) is 3.69. The molecule has 2 saturated carbocycles. The number of hydrogen-bond donors (Lipinski definition) is 2. The van der Waals surface area contributed by atoms with E-state index in [1.807, 2.05) is 45.2 Å². The number of fused-ring (bicyclic) bond motifs is 10. The highest BCUT2D eigenvalue weighted by Gasteiger charge is 2.46. The van der Waals surface area contributed by atoms with Crippen molar-refractivity contribution in [1.82, 2.24) is 19.6 Å². The highest BCUT2D eigenvalue weighted by atomic mass is 35.5. The average Bonchev–Trinajstić information content (AvgIpc) is 3.91. The summed E-state index contributed by atoms with van der Waals surface area (Å²) in [5.74, 6) is -0.133. The maximum atomic E-state index is 13.3. The number of anilines is 2. The smallest absolute Gasteiger partial charge is 0.322 e. The number of hydrogen-bond acceptors (Lipinski definition) is 4. The Balaban J connectivity index is 0.000000160. The van der Waals surface area contributed by atoms with Gasteiger partial charge in [0.05, 0.1) is 23.0 Å². The van der Waals surface area contributed by atoms with Crippen molar-refractivity contribution in [3.63, 3.8) is 0 Å². The first-order valence-electron chi connectivity index (χ1n) is 16.6. The van der Waals surface area contributed by atoms with E-state index in [4.69, 9.17) is 34.8 Å². The average molecular weight is 758 g/mol. The van der Waals surface area contributed by atoms with Crippen molar-refractivity contribution in [2.45, 2.75) is 69.4 Å².